The van der Waals surface area contributed by atoms with Crippen LogP contribution in [0.1, 0.15) is 24.8 Å². The maximum Gasteiger partial charge on any atom is 0.0400 e. The quantitative estimate of drug-likeness (QED) is 0.876. The summed E-state index contributed by atoms with van der Waals surface area (Å²) in [6.45, 7) is 3.51. The summed E-state index contributed by atoms with van der Waals surface area (Å²) < 4.78 is 0. The normalized spacial score (nSPS) is 24.1. The summed E-state index contributed by atoms with van der Waals surface area (Å²) in [6, 6.07) is 10.4. The predicted octanol–water partition coefficient (Wildman–Crippen LogP) is 2.40. The molecule has 1 aromatic rings. The van der Waals surface area contributed by atoms with E-state index in [0.717, 1.165) is 12.6 Å². The molecule has 1 saturated heterocycles. The van der Waals surface area contributed by atoms with E-state index >= 15 is 0 Å². The monoisotopic (exact) mass is 259 g/mol. The molecule has 3 rings (SSSR count). The molecule has 0 bridgehead atoms. The van der Waals surface area contributed by atoms with Gasteiger partial charge in [-0.05, 0) is 51.1 Å². The van der Waals surface area contributed by atoms with Crippen LogP contribution in [0, 0.1) is 0 Å². The molecule has 0 radical (unpaired) electrons. The van der Waals surface area contributed by atoms with Gasteiger partial charge in [0.05, 0.1) is 0 Å². The lowest BCUT2D eigenvalue weighted by molar-refractivity contribution is 0.326. The van der Waals surface area contributed by atoms with E-state index in [1.54, 1.807) is 0 Å². The van der Waals surface area contributed by atoms with Crippen LogP contribution in [0.4, 0.5) is 5.69 Å². The molecule has 1 aliphatic carbocycles. The van der Waals surface area contributed by atoms with E-state index in [0.29, 0.717) is 6.04 Å². The highest BCUT2D eigenvalue weighted by molar-refractivity contribution is 5.46. The van der Waals surface area contributed by atoms with Crippen LogP contribution in [0.25, 0.3) is 0 Å². The standard InChI is InChI=1S/C16H25N3/c1-18(2)11-13-4-3-5-14(10-13)17-15-8-9-19(12-15)16-6-7-16/h3-5,10,15-17H,6-9,11-12H2,1-2H3. The highest BCUT2D eigenvalue weighted by Gasteiger charge is 2.34. The summed E-state index contributed by atoms with van der Waals surface area (Å²) in [4.78, 5) is 4.87. The Labute approximate surface area is 116 Å². The van der Waals surface area contributed by atoms with Crippen molar-refractivity contribution in [3.63, 3.8) is 0 Å². The molecule has 19 heavy (non-hydrogen) atoms. The SMILES string of the molecule is CN(C)Cc1cccc(NC2CCN(C3CC3)C2)c1. The van der Waals surface area contributed by atoms with Gasteiger partial charge < -0.3 is 10.2 Å². The van der Waals surface area contributed by atoms with Crippen molar-refractivity contribution in [2.45, 2.75) is 37.9 Å². The molecule has 3 nitrogen and oxygen atoms in total. The van der Waals surface area contributed by atoms with Gasteiger partial charge in [0.1, 0.15) is 0 Å². The Kier molecular flexibility index (Phi) is 3.76. The molecule has 1 aliphatic heterocycles. The van der Waals surface area contributed by atoms with E-state index in [9.17, 15) is 0 Å². The van der Waals surface area contributed by atoms with Gasteiger partial charge in [-0.15, -0.1) is 0 Å². The summed E-state index contributed by atoms with van der Waals surface area (Å²) >= 11 is 0. The number of rotatable bonds is 5. The minimum atomic E-state index is 0.634. The Morgan fingerprint density at radius 3 is 2.84 bits per heavy atom. The predicted molar refractivity (Wildman–Crippen MR) is 80.5 cm³/mol. The van der Waals surface area contributed by atoms with Crippen molar-refractivity contribution in [3.8, 4) is 0 Å². The Bertz CT molecular complexity index is 426. The second kappa shape index (κ2) is 5.51. The van der Waals surface area contributed by atoms with E-state index in [2.05, 4.69) is 53.5 Å². The maximum absolute atomic E-state index is 3.71. The van der Waals surface area contributed by atoms with Gasteiger partial charge >= 0.3 is 0 Å². The zero-order valence-corrected chi connectivity index (χ0v) is 12.1. The molecule has 1 saturated carbocycles. The van der Waals surface area contributed by atoms with Crippen molar-refractivity contribution in [2.75, 3.05) is 32.5 Å². The van der Waals surface area contributed by atoms with Crippen LogP contribution in [0.15, 0.2) is 24.3 Å². The highest BCUT2D eigenvalue weighted by Crippen LogP contribution is 2.30. The van der Waals surface area contributed by atoms with Crippen LogP contribution < -0.4 is 5.32 Å². The summed E-state index contributed by atoms with van der Waals surface area (Å²) in [5.41, 5.74) is 2.66. The van der Waals surface area contributed by atoms with Crippen LogP contribution in [0.3, 0.4) is 0 Å². The second-order valence-electron chi connectivity index (χ2n) is 6.29. The van der Waals surface area contributed by atoms with Crippen LogP contribution in [0.5, 0.6) is 0 Å². The van der Waals surface area contributed by atoms with Crippen molar-refractivity contribution in [3.05, 3.63) is 29.8 Å². The molecule has 2 fully saturated rings. The minimum absolute atomic E-state index is 0.634. The molecule has 1 N–H and O–H groups in total. The third-order valence-electron chi connectivity index (χ3n) is 4.08. The van der Waals surface area contributed by atoms with Gasteiger partial charge in [0.15, 0.2) is 0 Å². The van der Waals surface area contributed by atoms with Gasteiger partial charge in [0.2, 0.25) is 0 Å². The zero-order valence-electron chi connectivity index (χ0n) is 12.1. The summed E-state index contributed by atoms with van der Waals surface area (Å²) in [6.07, 6.45) is 4.13. The van der Waals surface area contributed by atoms with Crippen LogP contribution in [-0.2, 0) is 6.54 Å². The van der Waals surface area contributed by atoms with Gasteiger partial charge in [-0.3, -0.25) is 4.90 Å². The smallest absolute Gasteiger partial charge is 0.0400 e. The molecular weight excluding hydrogens is 234 g/mol. The Balaban J connectivity index is 1.57. The third kappa shape index (κ3) is 3.48. The van der Waals surface area contributed by atoms with Crippen molar-refractivity contribution >= 4 is 5.69 Å². The molecule has 3 heteroatoms. The van der Waals surface area contributed by atoms with Gasteiger partial charge in [0, 0.05) is 37.4 Å². The molecule has 0 aromatic heterocycles. The van der Waals surface area contributed by atoms with Gasteiger partial charge in [-0.2, -0.15) is 0 Å². The number of likely N-dealkylation sites (tertiary alicyclic amines) is 1. The van der Waals surface area contributed by atoms with Crippen LogP contribution >= 0.6 is 0 Å². The Hall–Kier alpha value is -1.06. The lowest BCUT2D eigenvalue weighted by Gasteiger charge is -2.17. The lowest BCUT2D eigenvalue weighted by Crippen LogP contribution is -2.27. The Morgan fingerprint density at radius 1 is 1.26 bits per heavy atom. The minimum Gasteiger partial charge on any atom is -0.381 e. The molecule has 1 atom stereocenters. The molecule has 0 amide bonds. The van der Waals surface area contributed by atoms with Crippen molar-refractivity contribution in [1.82, 2.24) is 9.80 Å². The van der Waals surface area contributed by atoms with Crippen LogP contribution in [0.2, 0.25) is 0 Å². The topological polar surface area (TPSA) is 18.5 Å². The van der Waals surface area contributed by atoms with Gasteiger partial charge in [-0.1, -0.05) is 12.1 Å². The van der Waals surface area contributed by atoms with Crippen molar-refractivity contribution in [1.29, 1.82) is 0 Å². The molecule has 2 aliphatic rings. The second-order valence-corrected chi connectivity index (χ2v) is 6.29. The first kappa shape index (κ1) is 12.9. The first-order chi connectivity index (χ1) is 9.20. The average Bonchev–Trinajstić information content (AvgIpc) is 3.10. The van der Waals surface area contributed by atoms with E-state index in [4.69, 9.17) is 0 Å². The fourth-order valence-electron chi connectivity index (χ4n) is 3.04. The van der Waals surface area contributed by atoms with Gasteiger partial charge in [0.25, 0.3) is 0 Å². The zero-order chi connectivity index (χ0) is 13.2. The fraction of sp³-hybridized carbons (Fsp3) is 0.625. The third-order valence-corrected chi connectivity index (χ3v) is 4.08. The van der Waals surface area contributed by atoms with Crippen molar-refractivity contribution in [2.24, 2.45) is 0 Å². The number of hydrogen-bond donors (Lipinski definition) is 1. The Morgan fingerprint density at radius 2 is 2.11 bits per heavy atom. The van der Waals surface area contributed by atoms with E-state index in [-0.39, 0.29) is 0 Å². The van der Waals surface area contributed by atoms with Gasteiger partial charge in [-0.25, -0.2) is 0 Å². The van der Waals surface area contributed by atoms with E-state index in [1.807, 2.05) is 0 Å². The largest absolute Gasteiger partial charge is 0.381 e. The summed E-state index contributed by atoms with van der Waals surface area (Å²) in [5, 5.41) is 3.71. The lowest BCUT2D eigenvalue weighted by atomic mass is 10.1. The number of anilines is 1. The first-order valence-corrected chi connectivity index (χ1v) is 7.45. The first-order valence-electron chi connectivity index (χ1n) is 7.45. The molecular formula is C16H25N3. The molecule has 104 valence electrons. The number of hydrogen-bond acceptors (Lipinski definition) is 3. The van der Waals surface area contributed by atoms with Crippen molar-refractivity contribution < 1.29 is 0 Å². The van der Waals surface area contributed by atoms with E-state index < -0.39 is 0 Å². The average molecular weight is 259 g/mol. The molecule has 1 aromatic carbocycles. The number of nitrogens with zero attached hydrogens (tertiary/aromatic N) is 2. The van der Waals surface area contributed by atoms with E-state index in [1.165, 1.54) is 43.6 Å². The van der Waals surface area contributed by atoms with Crippen LogP contribution in [-0.4, -0.2) is 49.1 Å². The molecule has 1 heterocycles. The number of benzene rings is 1. The number of nitrogens with one attached hydrogen (secondary N) is 1. The molecule has 1 unspecified atom stereocenters. The maximum atomic E-state index is 3.71. The fourth-order valence-corrected chi connectivity index (χ4v) is 3.04. The summed E-state index contributed by atoms with van der Waals surface area (Å²) in [5.74, 6) is 0. The molecule has 0 spiro atoms. The summed E-state index contributed by atoms with van der Waals surface area (Å²) in [7, 11) is 4.23. The highest BCUT2D eigenvalue weighted by atomic mass is 15.2.